The summed E-state index contributed by atoms with van der Waals surface area (Å²) in [5.41, 5.74) is 0.657. The number of nitrogens with one attached hydrogen (secondary N) is 2. The predicted molar refractivity (Wildman–Crippen MR) is 99.1 cm³/mol. The molecule has 0 saturated carbocycles. The molecule has 1 aromatic heterocycles. The number of rotatable bonds is 5. The number of hydrogen-bond acceptors (Lipinski definition) is 3. The van der Waals surface area contributed by atoms with Crippen molar-refractivity contribution in [2.75, 3.05) is 10.6 Å². The zero-order valence-electron chi connectivity index (χ0n) is 14.5. The van der Waals surface area contributed by atoms with E-state index in [4.69, 9.17) is 4.74 Å². The van der Waals surface area contributed by atoms with Crippen LogP contribution < -0.4 is 15.4 Å². The Morgan fingerprint density at radius 3 is 2.29 bits per heavy atom. The number of benzene rings is 2. The van der Waals surface area contributed by atoms with Crippen LogP contribution in [0.25, 0.3) is 0 Å². The Morgan fingerprint density at radius 1 is 0.929 bits per heavy atom. The molecule has 0 aliphatic heterocycles. The second-order valence-electron chi connectivity index (χ2n) is 5.83. The first-order valence-electron chi connectivity index (χ1n) is 8.27. The summed E-state index contributed by atoms with van der Waals surface area (Å²) < 4.78 is 43.8. The number of urea groups is 1. The van der Waals surface area contributed by atoms with Crippen molar-refractivity contribution in [3.8, 4) is 5.75 Å². The summed E-state index contributed by atoms with van der Waals surface area (Å²) in [6.45, 7) is 0.380. The third kappa shape index (κ3) is 5.47. The molecule has 0 bridgehead atoms. The van der Waals surface area contributed by atoms with E-state index in [2.05, 4.69) is 15.6 Å². The number of carbonyl (C=O) groups is 1. The van der Waals surface area contributed by atoms with Crippen molar-refractivity contribution in [1.82, 2.24) is 4.98 Å². The molecule has 2 N–H and O–H groups in total. The van der Waals surface area contributed by atoms with Crippen LogP contribution in [0.15, 0.2) is 73.1 Å². The van der Waals surface area contributed by atoms with Gasteiger partial charge in [0.1, 0.15) is 12.4 Å². The largest absolute Gasteiger partial charge is 0.489 e. The number of halogens is 3. The van der Waals surface area contributed by atoms with Crippen LogP contribution in [-0.2, 0) is 12.8 Å². The number of anilines is 2. The van der Waals surface area contributed by atoms with Crippen LogP contribution in [0.4, 0.5) is 29.3 Å². The van der Waals surface area contributed by atoms with E-state index < -0.39 is 17.8 Å². The molecule has 8 heteroatoms. The summed E-state index contributed by atoms with van der Waals surface area (Å²) in [6, 6.07) is 14.1. The van der Waals surface area contributed by atoms with Gasteiger partial charge in [-0.1, -0.05) is 6.07 Å². The predicted octanol–water partition coefficient (Wildman–Crippen LogP) is 5.32. The van der Waals surface area contributed by atoms with Gasteiger partial charge in [-0.25, -0.2) is 4.79 Å². The lowest BCUT2D eigenvalue weighted by Gasteiger charge is -2.11. The fourth-order valence-corrected chi connectivity index (χ4v) is 2.35. The van der Waals surface area contributed by atoms with E-state index in [1.807, 2.05) is 12.1 Å². The molecule has 28 heavy (non-hydrogen) atoms. The molecule has 0 spiro atoms. The highest BCUT2D eigenvalue weighted by atomic mass is 19.4. The van der Waals surface area contributed by atoms with Gasteiger partial charge in [0.2, 0.25) is 0 Å². The molecule has 3 rings (SSSR count). The lowest BCUT2D eigenvalue weighted by molar-refractivity contribution is -0.137. The molecule has 2 aromatic carbocycles. The molecule has 0 aliphatic carbocycles. The molecule has 144 valence electrons. The number of aromatic nitrogens is 1. The molecular weight excluding hydrogens is 371 g/mol. The number of pyridine rings is 1. The second kappa shape index (κ2) is 8.43. The van der Waals surface area contributed by atoms with Crippen LogP contribution in [-0.4, -0.2) is 11.0 Å². The van der Waals surface area contributed by atoms with Gasteiger partial charge in [-0.15, -0.1) is 0 Å². The van der Waals surface area contributed by atoms with Gasteiger partial charge in [0.05, 0.1) is 5.56 Å². The Balaban J connectivity index is 1.54. The van der Waals surface area contributed by atoms with Crippen LogP contribution in [0.3, 0.4) is 0 Å². The zero-order valence-corrected chi connectivity index (χ0v) is 14.5. The molecular formula is C20H16F3N3O2. The van der Waals surface area contributed by atoms with Gasteiger partial charge < -0.3 is 15.4 Å². The maximum Gasteiger partial charge on any atom is 0.416 e. The van der Waals surface area contributed by atoms with E-state index >= 15 is 0 Å². The number of carbonyl (C=O) groups excluding carboxylic acids is 1. The van der Waals surface area contributed by atoms with Crippen molar-refractivity contribution in [2.45, 2.75) is 12.8 Å². The fourth-order valence-electron chi connectivity index (χ4n) is 2.35. The Labute approximate surface area is 159 Å². The summed E-state index contributed by atoms with van der Waals surface area (Å²) in [4.78, 5) is 15.9. The van der Waals surface area contributed by atoms with E-state index in [0.717, 1.165) is 17.7 Å². The number of ether oxygens (including phenoxy) is 1. The molecule has 0 atom stereocenters. The molecule has 0 aliphatic rings. The van der Waals surface area contributed by atoms with Crippen molar-refractivity contribution in [2.24, 2.45) is 0 Å². The first-order valence-corrected chi connectivity index (χ1v) is 8.27. The minimum Gasteiger partial charge on any atom is -0.489 e. The Kier molecular flexibility index (Phi) is 5.78. The van der Waals surface area contributed by atoms with Crippen LogP contribution in [0, 0.1) is 0 Å². The van der Waals surface area contributed by atoms with E-state index in [0.29, 0.717) is 18.0 Å². The molecule has 2 amide bonds. The molecule has 0 saturated heterocycles. The average Bonchev–Trinajstić information content (AvgIpc) is 2.68. The number of hydrogen-bond donors (Lipinski definition) is 2. The second-order valence-corrected chi connectivity index (χ2v) is 5.83. The van der Waals surface area contributed by atoms with E-state index in [9.17, 15) is 18.0 Å². The summed E-state index contributed by atoms with van der Waals surface area (Å²) in [6.07, 6.45) is -1.12. The van der Waals surface area contributed by atoms with Crippen LogP contribution in [0.2, 0.25) is 0 Å². The minimum atomic E-state index is -4.47. The van der Waals surface area contributed by atoms with Crippen LogP contribution >= 0.6 is 0 Å². The van der Waals surface area contributed by atoms with Crippen molar-refractivity contribution in [3.63, 3.8) is 0 Å². The van der Waals surface area contributed by atoms with E-state index in [1.165, 1.54) is 12.1 Å². The highest BCUT2D eigenvalue weighted by molar-refractivity contribution is 5.99. The maximum atomic E-state index is 12.7. The summed E-state index contributed by atoms with van der Waals surface area (Å²) in [5, 5.41) is 4.93. The summed E-state index contributed by atoms with van der Waals surface area (Å²) >= 11 is 0. The zero-order chi connectivity index (χ0) is 20.0. The quantitative estimate of drug-likeness (QED) is 0.623. The molecule has 5 nitrogen and oxygen atoms in total. The molecule has 0 unspecified atom stereocenters. The SMILES string of the molecule is O=C(Nc1ccc(OCc2ccncc2)cc1)Nc1cccc(C(F)(F)F)c1. The topological polar surface area (TPSA) is 63.2 Å². The minimum absolute atomic E-state index is 0.0460. The van der Waals surface area contributed by atoms with Gasteiger partial charge in [0.25, 0.3) is 0 Å². The Bertz CT molecular complexity index is 929. The van der Waals surface area contributed by atoms with Gasteiger partial charge >= 0.3 is 12.2 Å². The smallest absolute Gasteiger partial charge is 0.416 e. The average molecular weight is 387 g/mol. The Hall–Kier alpha value is -3.55. The first-order chi connectivity index (χ1) is 13.4. The maximum absolute atomic E-state index is 12.7. The number of alkyl halides is 3. The molecule has 3 aromatic rings. The summed E-state index contributed by atoms with van der Waals surface area (Å²) in [7, 11) is 0. The van der Waals surface area contributed by atoms with Gasteiger partial charge in [-0.2, -0.15) is 13.2 Å². The van der Waals surface area contributed by atoms with Crippen LogP contribution in [0.1, 0.15) is 11.1 Å². The highest BCUT2D eigenvalue weighted by Gasteiger charge is 2.30. The van der Waals surface area contributed by atoms with Crippen LogP contribution in [0.5, 0.6) is 5.75 Å². The van der Waals surface area contributed by atoms with Crippen molar-refractivity contribution >= 4 is 17.4 Å². The number of nitrogens with zero attached hydrogens (tertiary/aromatic N) is 1. The molecule has 1 heterocycles. The van der Waals surface area contributed by atoms with Gasteiger partial charge in [0, 0.05) is 23.8 Å². The molecule has 0 radical (unpaired) electrons. The lowest BCUT2D eigenvalue weighted by Crippen LogP contribution is -2.19. The van der Waals surface area contributed by atoms with Gasteiger partial charge in [-0.3, -0.25) is 4.98 Å². The standard InChI is InChI=1S/C20H16F3N3O2/c21-20(22,23)15-2-1-3-17(12-15)26-19(27)25-16-4-6-18(7-5-16)28-13-14-8-10-24-11-9-14/h1-12H,13H2,(H2,25,26,27). The first kappa shape index (κ1) is 19.2. The normalized spacial score (nSPS) is 11.0. The summed E-state index contributed by atoms with van der Waals surface area (Å²) in [5.74, 6) is 0.612. The van der Waals surface area contributed by atoms with Crippen molar-refractivity contribution in [1.29, 1.82) is 0 Å². The van der Waals surface area contributed by atoms with Gasteiger partial charge in [-0.05, 0) is 60.2 Å². The monoisotopic (exact) mass is 387 g/mol. The van der Waals surface area contributed by atoms with Gasteiger partial charge in [0.15, 0.2) is 0 Å². The van der Waals surface area contributed by atoms with Crippen molar-refractivity contribution < 1.29 is 22.7 Å². The lowest BCUT2D eigenvalue weighted by atomic mass is 10.2. The third-order valence-electron chi connectivity index (χ3n) is 3.71. The number of amides is 2. The Morgan fingerprint density at radius 2 is 1.61 bits per heavy atom. The van der Waals surface area contributed by atoms with E-state index in [1.54, 1.807) is 36.7 Å². The van der Waals surface area contributed by atoms with Crippen molar-refractivity contribution in [3.05, 3.63) is 84.2 Å². The fraction of sp³-hybridized carbons (Fsp3) is 0.100. The highest BCUT2D eigenvalue weighted by Crippen LogP contribution is 2.30. The third-order valence-corrected chi connectivity index (χ3v) is 3.71. The molecule has 0 fully saturated rings. The van der Waals surface area contributed by atoms with E-state index in [-0.39, 0.29) is 5.69 Å².